The summed E-state index contributed by atoms with van der Waals surface area (Å²) in [6.45, 7) is 10.3. The minimum Gasteiger partial charge on any atom is -0.372 e. The lowest BCUT2D eigenvalue weighted by atomic mass is 10.1. The van der Waals surface area contributed by atoms with E-state index < -0.39 is 0 Å². The molecule has 1 heterocycles. The molecule has 0 atom stereocenters. The summed E-state index contributed by atoms with van der Waals surface area (Å²) in [6.07, 6.45) is 0.894. The lowest BCUT2D eigenvalue weighted by Crippen LogP contribution is -2.50. The van der Waals surface area contributed by atoms with E-state index in [9.17, 15) is 9.18 Å². The van der Waals surface area contributed by atoms with Gasteiger partial charge in [-0.2, -0.15) is 0 Å². The van der Waals surface area contributed by atoms with Crippen LogP contribution in [0.2, 0.25) is 0 Å². The molecule has 0 aromatic heterocycles. The van der Waals surface area contributed by atoms with Crippen LogP contribution in [0.1, 0.15) is 19.4 Å². The van der Waals surface area contributed by atoms with Crippen LogP contribution in [0.5, 0.6) is 0 Å². The van der Waals surface area contributed by atoms with E-state index in [4.69, 9.17) is 0 Å². The maximum atomic E-state index is 13.0. The Bertz CT molecular complexity index is 766. The molecule has 3 rings (SSSR count). The van der Waals surface area contributed by atoms with Gasteiger partial charge in [-0.3, -0.25) is 4.90 Å². The Labute approximate surface area is 173 Å². The highest BCUT2D eigenvalue weighted by molar-refractivity contribution is 5.89. The lowest BCUT2D eigenvalue weighted by Gasteiger charge is -2.34. The third-order valence-corrected chi connectivity index (χ3v) is 5.54. The van der Waals surface area contributed by atoms with Crippen LogP contribution in [-0.4, -0.2) is 61.6 Å². The topological polar surface area (TPSA) is 38.8 Å². The molecule has 5 nitrogen and oxygen atoms in total. The van der Waals surface area contributed by atoms with Crippen molar-refractivity contribution in [1.82, 2.24) is 9.80 Å². The predicted molar refractivity (Wildman–Crippen MR) is 117 cm³/mol. The van der Waals surface area contributed by atoms with Gasteiger partial charge in [0, 0.05) is 57.2 Å². The Hall–Kier alpha value is -2.60. The summed E-state index contributed by atoms with van der Waals surface area (Å²) in [7, 11) is 0. The molecule has 0 spiro atoms. The molecule has 6 heteroatoms. The number of carbonyl (C=O) groups excluding carboxylic acids is 1. The summed E-state index contributed by atoms with van der Waals surface area (Å²) >= 11 is 0. The van der Waals surface area contributed by atoms with Gasteiger partial charge in [-0.25, -0.2) is 9.18 Å². The van der Waals surface area contributed by atoms with E-state index in [-0.39, 0.29) is 11.8 Å². The molecule has 1 saturated heterocycles. The van der Waals surface area contributed by atoms with Gasteiger partial charge in [0.25, 0.3) is 0 Å². The van der Waals surface area contributed by atoms with Crippen LogP contribution < -0.4 is 10.2 Å². The second kappa shape index (κ2) is 10.3. The van der Waals surface area contributed by atoms with Gasteiger partial charge in [0.2, 0.25) is 0 Å². The van der Waals surface area contributed by atoms with Crippen molar-refractivity contribution in [1.29, 1.82) is 0 Å². The van der Waals surface area contributed by atoms with Crippen LogP contribution in [0.25, 0.3) is 0 Å². The average Bonchev–Trinajstić information content (AvgIpc) is 2.76. The molecule has 2 amide bonds. The molecule has 0 aliphatic carbocycles. The van der Waals surface area contributed by atoms with Gasteiger partial charge < -0.3 is 15.1 Å². The van der Waals surface area contributed by atoms with Crippen LogP contribution in [0.4, 0.5) is 20.6 Å². The third kappa shape index (κ3) is 5.94. The number of carbonyl (C=O) groups is 1. The highest BCUT2D eigenvalue weighted by Gasteiger charge is 2.21. The Morgan fingerprint density at radius 3 is 2.17 bits per heavy atom. The first-order chi connectivity index (χ1) is 14.1. The molecule has 0 bridgehead atoms. The number of hydrogen-bond donors (Lipinski definition) is 1. The average molecular weight is 399 g/mol. The molecule has 29 heavy (non-hydrogen) atoms. The standard InChI is InChI=1S/C23H31FN4O/c1-3-27(4-2)22-11-9-21(10-12-22)25-23(29)28-17-15-26(16-18-28)14-13-19-5-7-20(24)8-6-19/h5-12H,3-4,13-18H2,1-2H3,(H,25,29). The van der Waals surface area contributed by atoms with Crippen LogP contribution >= 0.6 is 0 Å². The van der Waals surface area contributed by atoms with Crippen LogP contribution in [0.3, 0.4) is 0 Å². The Morgan fingerprint density at radius 1 is 0.966 bits per heavy atom. The van der Waals surface area contributed by atoms with Gasteiger partial charge >= 0.3 is 6.03 Å². The fourth-order valence-corrected chi connectivity index (χ4v) is 3.66. The zero-order valence-electron chi connectivity index (χ0n) is 17.4. The summed E-state index contributed by atoms with van der Waals surface area (Å²) < 4.78 is 13.0. The van der Waals surface area contributed by atoms with E-state index in [0.717, 1.165) is 50.4 Å². The number of nitrogens with one attached hydrogen (secondary N) is 1. The monoisotopic (exact) mass is 398 g/mol. The molecule has 0 saturated carbocycles. The maximum absolute atomic E-state index is 13.0. The molecular formula is C23H31FN4O. The molecule has 156 valence electrons. The van der Waals surface area contributed by atoms with E-state index in [1.54, 1.807) is 0 Å². The van der Waals surface area contributed by atoms with Crippen molar-refractivity contribution in [2.24, 2.45) is 0 Å². The molecule has 1 fully saturated rings. The highest BCUT2D eigenvalue weighted by atomic mass is 19.1. The quantitative estimate of drug-likeness (QED) is 0.764. The molecule has 0 unspecified atom stereocenters. The molecule has 2 aromatic carbocycles. The number of anilines is 2. The fraction of sp³-hybridized carbons (Fsp3) is 0.435. The summed E-state index contributed by atoms with van der Waals surface area (Å²) in [6, 6.07) is 14.7. The zero-order valence-corrected chi connectivity index (χ0v) is 17.4. The maximum Gasteiger partial charge on any atom is 0.321 e. The summed E-state index contributed by atoms with van der Waals surface area (Å²) in [4.78, 5) is 19.1. The van der Waals surface area contributed by atoms with Gasteiger partial charge in [-0.05, 0) is 62.2 Å². The van der Waals surface area contributed by atoms with Gasteiger partial charge in [0.1, 0.15) is 5.82 Å². The van der Waals surface area contributed by atoms with E-state index >= 15 is 0 Å². The summed E-state index contributed by atoms with van der Waals surface area (Å²) in [5.74, 6) is -0.198. The Morgan fingerprint density at radius 2 is 1.59 bits per heavy atom. The Balaban J connectivity index is 1.43. The molecule has 1 aliphatic rings. The van der Waals surface area contributed by atoms with Crippen molar-refractivity contribution in [3.05, 3.63) is 59.9 Å². The van der Waals surface area contributed by atoms with E-state index in [0.29, 0.717) is 13.1 Å². The first-order valence-corrected chi connectivity index (χ1v) is 10.5. The first-order valence-electron chi connectivity index (χ1n) is 10.5. The van der Waals surface area contributed by atoms with Crippen molar-refractivity contribution in [2.45, 2.75) is 20.3 Å². The number of amides is 2. The predicted octanol–water partition coefficient (Wildman–Crippen LogP) is 4.06. The van der Waals surface area contributed by atoms with Gasteiger partial charge in [0.05, 0.1) is 0 Å². The number of rotatable bonds is 7. The summed E-state index contributed by atoms with van der Waals surface area (Å²) in [5.41, 5.74) is 3.13. The van der Waals surface area contributed by atoms with E-state index in [1.807, 2.05) is 29.2 Å². The Kier molecular flexibility index (Phi) is 7.47. The van der Waals surface area contributed by atoms with E-state index in [1.165, 1.54) is 17.8 Å². The van der Waals surface area contributed by atoms with Crippen LogP contribution in [0.15, 0.2) is 48.5 Å². The number of nitrogens with zero attached hydrogens (tertiary/aromatic N) is 3. The number of piperazine rings is 1. The minimum atomic E-state index is -0.198. The number of hydrogen-bond acceptors (Lipinski definition) is 3. The number of benzene rings is 2. The highest BCUT2D eigenvalue weighted by Crippen LogP contribution is 2.18. The van der Waals surface area contributed by atoms with Gasteiger partial charge in [-0.1, -0.05) is 12.1 Å². The summed E-state index contributed by atoms with van der Waals surface area (Å²) in [5, 5.41) is 3.01. The SMILES string of the molecule is CCN(CC)c1ccc(NC(=O)N2CCN(CCc3ccc(F)cc3)CC2)cc1. The first kappa shape index (κ1) is 21.1. The van der Waals surface area contributed by atoms with Crippen LogP contribution in [-0.2, 0) is 6.42 Å². The van der Waals surface area contributed by atoms with Crippen molar-refractivity contribution >= 4 is 17.4 Å². The van der Waals surface area contributed by atoms with Crippen LogP contribution in [0, 0.1) is 5.82 Å². The van der Waals surface area contributed by atoms with Crippen molar-refractivity contribution in [3.63, 3.8) is 0 Å². The molecule has 2 aromatic rings. The second-order valence-electron chi connectivity index (χ2n) is 7.35. The van der Waals surface area contributed by atoms with Gasteiger partial charge in [0.15, 0.2) is 0 Å². The van der Waals surface area contributed by atoms with E-state index in [2.05, 4.69) is 41.1 Å². The van der Waals surface area contributed by atoms with Crippen molar-refractivity contribution in [2.75, 3.05) is 56.0 Å². The van der Waals surface area contributed by atoms with Gasteiger partial charge in [-0.15, -0.1) is 0 Å². The fourth-order valence-electron chi connectivity index (χ4n) is 3.66. The largest absolute Gasteiger partial charge is 0.372 e. The van der Waals surface area contributed by atoms with Crippen molar-refractivity contribution in [3.8, 4) is 0 Å². The minimum absolute atomic E-state index is 0.0428. The zero-order chi connectivity index (χ0) is 20.6. The normalized spacial score (nSPS) is 14.7. The molecular weight excluding hydrogens is 367 g/mol. The second-order valence-corrected chi connectivity index (χ2v) is 7.35. The van der Waals surface area contributed by atoms with Crippen molar-refractivity contribution < 1.29 is 9.18 Å². The number of halogens is 1. The lowest BCUT2D eigenvalue weighted by molar-refractivity contribution is 0.148. The molecule has 1 aliphatic heterocycles. The molecule has 0 radical (unpaired) electrons. The molecule has 1 N–H and O–H groups in total. The smallest absolute Gasteiger partial charge is 0.321 e. The third-order valence-electron chi connectivity index (χ3n) is 5.54. The number of urea groups is 1.